The van der Waals surface area contributed by atoms with E-state index in [-0.39, 0.29) is 11.9 Å². The van der Waals surface area contributed by atoms with Crippen LogP contribution < -0.4 is 10.2 Å². The molecular formula is C19H25N5O. The van der Waals surface area contributed by atoms with Gasteiger partial charge in [-0.3, -0.25) is 14.7 Å². The van der Waals surface area contributed by atoms with E-state index in [1.54, 1.807) is 18.6 Å². The van der Waals surface area contributed by atoms with Gasteiger partial charge in [0, 0.05) is 51.5 Å². The van der Waals surface area contributed by atoms with Crippen LogP contribution in [-0.2, 0) is 4.79 Å². The lowest BCUT2D eigenvalue weighted by atomic mass is 10.1. The van der Waals surface area contributed by atoms with Crippen molar-refractivity contribution in [2.45, 2.75) is 19.4 Å². The first-order valence-electron chi connectivity index (χ1n) is 8.80. The topological polar surface area (TPSA) is 61.4 Å². The molecule has 3 rings (SSSR count). The van der Waals surface area contributed by atoms with Crippen molar-refractivity contribution in [3.8, 4) is 0 Å². The van der Waals surface area contributed by atoms with Gasteiger partial charge in [0.05, 0.1) is 12.2 Å². The molecule has 1 aliphatic rings. The second-order valence-electron chi connectivity index (χ2n) is 6.34. The molecule has 2 heterocycles. The minimum Gasteiger partial charge on any atom is -0.353 e. The van der Waals surface area contributed by atoms with E-state index < -0.39 is 0 Å². The van der Waals surface area contributed by atoms with Crippen molar-refractivity contribution in [3.63, 3.8) is 0 Å². The minimum atomic E-state index is 0.0437. The molecule has 2 aromatic rings. The Labute approximate surface area is 148 Å². The molecule has 1 fully saturated rings. The highest BCUT2D eigenvalue weighted by atomic mass is 16.1. The zero-order valence-corrected chi connectivity index (χ0v) is 14.6. The van der Waals surface area contributed by atoms with Crippen molar-refractivity contribution in [3.05, 3.63) is 54.5 Å². The zero-order valence-electron chi connectivity index (χ0n) is 14.6. The number of benzene rings is 1. The van der Waals surface area contributed by atoms with Crippen molar-refractivity contribution in [2.24, 2.45) is 0 Å². The summed E-state index contributed by atoms with van der Waals surface area (Å²) in [6.07, 6.45) is 5.74. The molecule has 0 aliphatic carbocycles. The summed E-state index contributed by atoms with van der Waals surface area (Å²) >= 11 is 0. The molecule has 1 aromatic heterocycles. The first kappa shape index (κ1) is 17.4. The number of rotatable bonds is 6. The van der Waals surface area contributed by atoms with Gasteiger partial charge in [-0.15, -0.1) is 0 Å². The molecule has 0 saturated carbocycles. The van der Waals surface area contributed by atoms with Gasteiger partial charge < -0.3 is 10.2 Å². The predicted molar refractivity (Wildman–Crippen MR) is 98.3 cm³/mol. The summed E-state index contributed by atoms with van der Waals surface area (Å²) in [5.74, 6) is 1.03. The van der Waals surface area contributed by atoms with Gasteiger partial charge >= 0.3 is 0 Å². The van der Waals surface area contributed by atoms with E-state index in [0.29, 0.717) is 6.42 Å². The highest BCUT2D eigenvalue weighted by Gasteiger charge is 2.19. The molecule has 1 atom stereocenters. The van der Waals surface area contributed by atoms with Gasteiger partial charge in [-0.1, -0.05) is 30.3 Å². The number of piperazine rings is 1. The molecular weight excluding hydrogens is 314 g/mol. The largest absolute Gasteiger partial charge is 0.353 e. The Morgan fingerprint density at radius 1 is 1.16 bits per heavy atom. The second-order valence-corrected chi connectivity index (χ2v) is 6.34. The average Bonchev–Trinajstić information content (AvgIpc) is 2.68. The Morgan fingerprint density at radius 3 is 2.60 bits per heavy atom. The molecule has 1 unspecified atom stereocenters. The van der Waals surface area contributed by atoms with Gasteiger partial charge in [-0.2, -0.15) is 0 Å². The Bertz CT molecular complexity index is 656. The number of nitrogens with one attached hydrogen (secondary N) is 1. The van der Waals surface area contributed by atoms with E-state index in [0.717, 1.165) is 44.1 Å². The number of hydrogen-bond donors (Lipinski definition) is 1. The first-order valence-corrected chi connectivity index (χ1v) is 8.80. The first-order chi connectivity index (χ1) is 12.2. The van der Waals surface area contributed by atoms with E-state index in [4.69, 9.17) is 0 Å². The number of hydrogen-bond acceptors (Lipinski definition) is 5. The van der Waals surface area contributed by atoms with Crippen molar-refractivity contribution in [2.75, 3.05) is 37.6 Å². The van der Waals surface area contributed by atoms with E-state index in [1.807, 2.05) is 37.3 Å². The Morgan fingerprint density at radius 2 is 1.92 bits per heavy atom. The molecule has 0 spiro atoms. The summed E-state index contributed by atoms with van der Waals surface area (Å²) in [5.41, 5.74) is 1.13. The lowest BCUT2D eigenvalue weighted by molar-refractivity contribution is -0.122. The van der Waals surface area contributed by atoms with E-state index in [9.17, 15) is 4.79 Å². The predicted octanol–water partition coefficient (Wildman–Crippen LogP) is 1.87. The molecule has 1 aliphatic heterocycles. The molecule has 0 bridgehead atoms. The Balaban J connectivity index is 1.39. The van der Waals surface area contributed by atoms with Crippen LogP contribution in [0, 0.1) is 0 Å². The number of anilines is 1. The molecule has 6 heteroatoms. The van der Waals surface area contributed by atoms with Crippen LogP contribution in [0.15, 0.2) is 48.9 Å². The number of aromatic nitrogens is 2. The molecule has 1 N–H and O–H groups in total. The molecule has 25 heavy (non-hydrogen) atoms. The number of carbonyl (C=O) groups excluding carboxylic acids is 1. The number of nitrogens with zero attached hydrogens (tertiary/aromatic N) is 4. The molecule has 1 aromatic carbocycles. The fourth-order valence-electron chi connectivity index (χ4n) is 3.05. The van der Waals surface area contributed by atoms with Crippen LogP contribution in [0.1, 0.15) is 24.9 Å². The Kier molecular flexibility index (Phi) is 5.95. The second kappa shape index (κ2) is 8.58. The van der Waals surface area contributed by atoms with Crippen LogP contribution in [-0.4, -0.2) is 53.5 Å². The fraction of sp³-hybridized carbons (Fsp3) is 0.421. The van der Waals surface area contributed by atoms with Crippen LogP contribution >= 0.6 is 0 Å². The van der Waals surface area contributed by atoms with E-state index in [2.05, 4.69) is 25.1 Å². The standard InChI is InChI=1S/C19H25N5O/c1-16(17-5-3-2-4-6-17)22-19(25)7-10-23-11-13-24(14-12-23)18-15-20-8-9-21-18/h2-6,8-9,15-16H,7,10-14H2,1H3,(H,22,25). The number of carbonyl (C=O) groups is 1. The average molecular weight is 339 g/mol. The van der Waals surface area contributed by atoms with Gasteiger partial charge in [-0.25, -0.2) is 4.98 Å². The van der Waals surface area contributed by atoms with Crippen molar-refractivity contribution in [1.82, 2.24) is 20.2 Å². The van der Waals surface area contributed by atoms with Crippen LogP contribution in [0.4, 0.5) is 5.82 Å². The molecule has 6 nitrogen and oxygen atoms in total. The van der Waals surface area contributed by atoms with Crippen LogP contribution in [0.3, 0.4) is 0 Å². The van der Waals surface area contributed by atoms with E-state index in [1.165, 1.54) is 0 Å². The highest BCUT2D eigenvalue weighted by Crippen LogP contribution is 2.13. The van der Waals surface area contributed by atoms with Gasteiger partial charge in [0.25, 0.3) is 0 Å². The number of amides is 1. The van der Waals surface area contributed by atoms with Gasteiger partial charge in [0.15, 0.2) is 0 Å². The van der Waals surface area contributed by atoms with Crippen molar-refractivity contribution < 1.29 is 4.79 Å². The summed E-state index contributed by atoms with van der Waals surface area (Å²) < 4.78 is 0. The molecule has 1 amide bonds. The third kappa shape index (κ3) is 5.00. The molecule has 132 valence electrons. The highest BCUT2D eigenvalue weighted by molar-refractivity contribution is 5.76. The molecule has 0 radical (unpaired) electrons. The monoisotopic (exact) mass is 339 g/mol. The third-order valence-electron chi connectivity index (χ3n) is 4.58. The zero-order chi connectivity index (χ0) is 17.5. The minimum absolute atomic E-state index is 0.0437. The molecule has 1 saturated heterocycles. The smallest absolute Gasteiger partial charge is 0.221 e. The summed E-state index contributed by atoms with van der Waals surface area (Å²) in [6, 6.07) is 10.1. The summed E-state index contributed by atoms with van der Waals surface area (Å²) in [6.45, 7) is 6.53. The van der Waals surface area contributed by atoms with Crippen LogP contribution in [0.5, 0.6) is 0 Å². The Hall–Kier alpha value is -2.47. The summed E-state index contributed by atoms with van der Waals surface area (Å²) in [7, 11) is 0. The fourth-order valence-corrected chi connectivity index (χ4v) is 3.05. The maximum Gasteiger partial charge on any atom is 0.221 e. The quantitative estimate of drug-likeness (QED) is 0.870. The summed E-state index contributed by atoms with van der Waals surface area (Å²) in [4.78, 5) is 25.2. The SMILES string of the molecule is CC(NC(=O)CCN1CCN(c2cnccn2)CC1)c1ccccc1. The van der Waals surface area contributed by atoms with Crippen LogP contribution in [0.2, 0.25) is 0 Å². The lowest BCUT2D eigenvalue weighted by Crippen LogP contribution is -2.47. The van der Waals surface area contributed by atoms with Crippen molar-refractivity contribution in [1.29, 1.82) is 0 Å². The maximum atomic E-state index is 12.2. The van der Waals surface area contributed by atoms with Gasteiger partial charge in [-0.05, 0) is 12.5 Å². The van der Waals surface area contributed by atoms with E-state index >= 15 is 0 Å². The lowest BCUT2D eigenvalue weighted by Gasteiger charge is -2.35. The third-order valence-corrected chi connectivity index (χ3v) is 4.58. The van der Waals surface area contributed by atoms with Gasteiger partial charge in [0.2, 0.25) is 5.91 Å². The van der Waals surface area contributed by atoms with Gasteiger partial charge in [0.1, 0.15) is 5.82 Å². The maximum absolute atomic E-state index is 12.2. The van der Waals surface area contributed by atoms with Crippen LogP contribution in [0.25, 0.3) is 0 Å². The van der Waals surface area contributed by atoms with Crippen molar-refractivity contribution >= 4 is 11.7 Å². The summed E-state index contributed by atoms with van der Waals surface area (Å²) in [5, 5.41) is 3.08. The normalized spacial score (nSPS) is 16.4.